The predicted molar refractivity (Wildman–Crippen MR) is 80.8 cm³/mol. The molecular weight excluding hydrogens is 264 g/mol. The second-order valence-electron chi connectivity index (χ2n) is 6.54. The van der Waals surface area contributed by atoms with Gasteiger partial charge >= 0.3 is 0 Å². The third kappa shape index (κ3) is 2.80. The number of carbonyl (C=O) groups excluding carboxylic acids is 2. The first-order valence-electron chi connectivity index (χ1n) is 7.75. The largest absolute Gasteiger partial charge is 0.366 e. The smallest absolute Gasteiger partial charge is 0.251 e. The van der Waals surface area contributed by atoms with Crippen molar-refractivity contribution < 1.29 is 9.59 Å². The molecule has 0 saturated heterocycles. The summed E-state index contributed by atoms with van der Waals surface area (Å²) in [5, 5.41) is 3.12. The number of primary amides is 1. The molecule has 112 valence electrons. The number of fused-ring (bicyclic) bond motifs is 2. The van der Waals surface area contributed by atoms with E-state index in [4.69, 9.17) is 5.73 Å². The normalized spacial score (nSPS) is 28.3. The van der Waals surface area contributed by atoms with Gasteiger partial charge < -0.3 is 11.1 Å². The molecule has 4 atom stereocenters. The van der Waals surface area contributed by atoms with Crippen LogP contribution in [0.3, 0.4) is 0 Å². The minimum absolute atomic E-state index is 0.0682. The topological polar surface area (TPSA) is 72.2 Å². The summed E-state index contributed by atoms with van der Waals surface area (Å²) < 4.78 is 0. The Balaban J connectivity index is 1.61. The second kappa shape index (κ2) is 5.51. The van der Waals surface area contributed by atoms with Crippen LogP contribution in [0.2, 0.25) is 0 Å². The molecular formula is C17H22N2O2. The second-order valence-corrected chi connectivity index (χ2v) is 6.54. The zero-order valence-corrected chi connectivity index (χ0v) is 12.3. The van der Waals surface area contributed by atoms with Crippen LogP contribution in [0.25, 0.3) is 0 Å². The van der Waals surface area contributed by atoms with Gasteiger partial charge in [-0.3, -0.25) is 9.59 Å². The lowest BCUT2D eigenvalue weighted by Gasteiger charge is -2.28. The van der Waals surface area contributed by atoms with Crippen LogP contribution in [0.15, 0.2) is 24.3 Å². The van der Waals surface area contributed by atoms with Crippen molar-refractivity contribution in [1.29, 1.82) is 0 Å². The Morgan fingerprint density at radius 2 is 1.81 bits per heavy atom. The molecule has 3 rings (SSSR count). The fraction of sp³-hybridized carbons (Fsp3) is 0.529. The molecule has 0 heterocycles. The number of hydrogen-bond donors (Lipinski definition) is 2. The van der Waals surface area contributed by atoms with E-state index in [0.717, 1.165) is 11.8 Å². The summed E-state index contributed by atoms with van der Waals surface area (Å²) in [6.45, 7) is 2.11. The van der Waals surface area contributed by atoms with Crippen LogP contribution in [0, 0.1) is 17.8 Å². The molecule has 0 aromatic heterocycles. The number of nitrogens with one attached hydrogen (secondary N) is 1. The average Bonchev–Trinajstić information content (AvgIpc) is 3.10. The Labute approximate surface area is 125 Å². The minimum atomic E-state index is -0.475. The summed E-state index contributed by atoms with van der Waals surface area (Å²) in [5.41, 5.74) is 6.20. The van der Waals surface area contributed by atoms with Crippen molar-refractivity contribution in [3.05, 3.63) is 35.4 Å². The SMILES string of the molecule is CC(NC(=O)c1ccc(C(N)=O)cc1)C1CC2CCC1C2. The Morgan fingerprint density at radius 3 is 2.33 bits per heavy atom. The lowest BCUT2D eigenvalue weighted by Crippen LogP contribution is -2.40. The lowest BCUT2D eigenvalue weighted by molar-refractivity contribution is 0.0913. The highest BCUT2D eigenvalue weighted by Crippen LogP contribution is 2.49. The van der Waals surface area contributed by atoms with Crippen LogP contribution in [0.1, 0.15) is 53.3 Å². The molecule has 4 unspecified atom stereocenters. The fourth-order valence-electron chi connectivity index (χ4n) is 4.09. The summed E-state index contributed by atoms with van der Waals surface area (Å²) in [4.78, 5) is 23.3. The third-order valence-corrected chi connectivity index (χ3v) is 5.23. The van der Waals surface area contributed by atoms with Crippen molar-refractivity contribution >= 4 is 11.8 Å². The van der Waals surface area contributed by atoms with Gasteiger partial charge in [-0.05, 0) is 68.2 Å². The van der Waals surface area contributed by atoms with Crippen LogP contribution in [0.5, 0.6) is 0 Å². The molecule has 2 aliphatic rings. The molecule has 4 nitrogen and oxygen atoms in total. The number of amides is 2. The van der Waals surface area contributed by atoms with Crippen LogP contribution >= 0.6 is 0 Å². The van der Waals surface area contributed by atoms with Gasteiger partial charge in [0.1, 0.15) is 0 Å². The van der Waals surface area contributed by atoms with E-state index in [1.165, 1.54) is 25.7 Å². The molecule has 4 heteroatoms. The van der Waals surface area contributed by atoms with E-state index in [9.17, 15) is 9.59 Å². The van der Waals surface area contributed by atoms with E-state index in [-0.39, 0.29) is 11.9 Å². The van der Waals surface area contributed by atoms with Gasteiger partial charge in [-0.15, -0.1) is 0 Å². The first-order valence-corrected chi connectivity index (χ1v) is 7.75. The third-order valence-electron chi connectivity index (χ3n) is 5.23. The number of rotatable bonds is 4. The van der Waals surface area contributed by atoms with Crippen molar-refractivity contribution in [3.8, 4) is 0 Å². The van der Waals surface area contributed by atoms with E-state index < -0.39 is 5.91 Å². The first-order chi connectivity index (χ1) is 10.0. The average molecular weight is 286 g/mol. The summed E-state index contributed by atoms with van der Waals surface area (Å²) >= 11 is 0. The Hall–Kier alpha value is -1.84. The lowest BCUT2D eigenvalue weighted by atomic mass is 9.84. The van der Waals surface area contributed by atoms with E-state index in [0.29, 0.717) is 17.0 Å². The molecule has 2 saturated carbocycles. The Morgan fingerprint density at radius 1 is 1.14 bits per heavy atom. The molecule has 21 heavy (non-hydrogen) atoms. The van der Waals surface area contributed by atoms with Crippen LogP contribution in [-0.4, -0.2) is 17.9 Å². The number of hydrogen-bond acceptors (Lipinski definition) is 2. The van der Waals surface area contributed by atoms with E-state index in [1.54, 1.807) is 24.3 Å². The van der Waals surface area contributed by atoms with Gasteiger partial charge in [0.25, 0.3) is 5.91 Å². The minimum Gasteiger partial charge on any atom is -0.366 e. The van der Waals surface area contributed by atoms with Crippen molar-refractivity contribution in [2.45, 2.75) is 38.6 Å². The number of benzene rings is 1. The highest BCUT2D eigenvalue weighted by atomic mass is 16.2. The van der Waals surface area contributed by atoms with Crippen molar-refractivity contribution in [2.75, 3.05) is 0 Å². The summed E-state index contributed by atoms with van der Waals surface area (Å²) in [6, 6.07) is 6.72. The number of nitrogens with two attached hydrogens (primary N) is 1. The van der Waals surface area contributed by atoms with Crippen molar-refractivity contribution in [1.82, 2.24) is 5.32 Å². The van der Waals surface area contributed by atoms with Gasteiger partial charge in [0.2, 0.25) is 5.91 Å². The predicted octanol–water partition coefficient (Wildman–Crippen LogP) is 2.34. The quantitative estimate of drug-likeness (QED) is 0.891. The van der Waals surface area contributed by atoms with Crippen LogP contribution in [0.4, 0.5) is 0 Å². The van der Waals surface area contributed by atoms with Gasteiger partial charge in [0, 0.05) is 17.2 Å². The van der Waals surface area contributed by atoms with Crippen LogP contribution < -0.4 is 11.1 Å². The maximum absolute atomic E-state index is 12.3. The van der Waals surface area contributed by atoms with Crippen LogP contribution in [-0.2, 0) is 0 Å². The van der Waals surface area contributed by atoms with E-state index in [1.807, 2.05) is 0 Å². The molecule has 2 bridgehead atoms. The molecule has 2 amide bonds. The fourth-order valence-corrected chi connectivity index (χ4v) is 4.09. The van der Waals surface area contributed by atoms with Gasteiger partial charge in [-0.25, -0.2) is 0 Å². The van der Waals surface area contributed by atoms with Crippen molar-refractivity contribution in [2.24, 2.45) is 23.5 Å². The monoisotopic (exact) mass is 286 g/mol. The molecule has 2 aliphatic carbocycles. The van der Waals surface area contributed by atoms with Gasteiger partial charge in [0.05, 0.1) is 0 Å². The Bertz CT molecular complexity index is 552. The summed E-state index contributed by atoms with van der Waals surface area (Å²) in [6.07, 6.45) is 5.30. The van der Waals surface area contributed by atoms with Gasteiger partial charge in [-0.1, -0.05) is 6.42 Å². The molecule has 1 aromatic carbocycles. The zero-order chi connectivity index (χ0) is 15.0. The molecule has 0 aliphatic heterocycles. The first kappa shape index (κ1) is 14.1. The van der Waals surface area contributed by atoms with E-state index >= 15 is 0 Å². The van der Waals surface area contributed by atoms with E-state index in [2.05, 4.69) is 12.2 Å². The maximum Gasteiger partial charge on any atom is 0.251 e. The molecule has 1 aromatic rings. The maximum atomic E-state index is 12.3. The van der Waals surface area contributed by atoms with Crippen molar-refractivity contribution in [3.63, 3.8) is 0 Å². The standard InChI is InChI=1S/C17H22N2O2/c1-10(15-9-11-2-3-14(15)8-11)19-17(21)13-6-4-12(5-7-13)16(18)20/h4-7,10-11,14-15H,2-3,8-9H2,1H3,(H2,18,20)(H,19,21). The highest BCUT2D eigenvalue weighted by Gasteiger charge is 2.42. The zero-order valence-electron chi connectivity index (χ0n) is 12.3. The van der Waals surface area contributed by atoms with Gasteiger partial charge in [-0.2, -0.15) is 0 Å². The molecule has 0 spiro atoms. The molecule has 2 fully saturated rings. The molecule has 3 N–H and O–H groups in total. The Kier molecular flexibility index (Phi) is 3.70. The number of carbonyl (C=O) groups is 2. The van der Waals surface area contributed by atoms with Gasteiger partial charge in [0.15, 0.2) is 0 Å². The summed E-state index contributed by atoms with van der Waals surface area (Å²) in [5.74, 6) is 1.76. The summed E-state index contributed by atoms with van der Waals surface area (Å²) in [7, 11) is 0. The highest BCUT2D eigenvalue weighted by molar-refractivity contribution is 5.97. The molecule has 0 radical (unpaired) electrons.